The number of likely N-dealkylation sites (N-methyl/N-ethyl adjacent to an activating group) is 1. The third kappa shape index (κ3) is 3.11. The molecule has 0 heterocycles. The summed E-state index contributed by atoms with van der Waals surface area (Å²) in [6.45, 7) is 2.80. The van der Waals surface area contributed by atoms with E-state index in [0.29, 0.717) is 6.54 Å². The van der Waals surface area contributed by atoms with Gasteiger partial charge in [-0.25, -0.2) is 0 Å². The summed E-state index contributed by atoms with van der Waals surface area (Å²) in [5, 5.41) is 0.814. The summed E-state index contributed by atoms with van der Waals surface area (Å²) in [7, 11) is 3.95. The van der Waals surface area contributed by atoms with Gasteiger partial charge in [-0.2, -0.15) is 0 Å². The first-order valence-corrected chi connectivity index (χ1v) is 8.15. The first-order valence-electron chi connectivity index (χ1n) is 7.77. The Morgan fingerprint density at radius 2 is 2.14 bits per heavy atom. The van der Waals surface area contributed by atoms with Crippen molar-refractivity contribution >= 4 is 11.6 Å². The Labute approximate surface area is 133 Å². The number of nitrogens with zero attached hydrogens (tertiary/aromatic N) is 1. The van der Waals surface area contributed by atoms with Gasteiger partial charge in [-0.3, -0.25) is 4.90 Å². The first-order chi connectivity index (χ1) is 10.1. The minimum absolute atomic E-state index is 0.106. The molecule has 1 aromatic carbocycles. The van der Waals surface area contributed by atoms with Gasteiger partial charge in [0.25, 0.3) is 0 Å². The summed E-state index contributed by atoms with van der Waals surface area (Å²) in [5.74, 6) is 0. The molecule has 1 aliphatic rings. The smallest absolute Gasteiger partial charge is 0.0767 e. The highest BCUT2D eigenvalue weighted by Gasteiger charge is 2.45. The van der Waals surface area contributed by atoms with Crippen LogP contribution in [0.5, 0.6) is 0 Å². The molecule has 1 aromatic rings. The van der Waals surface area contributed by atoms with Gasteiger partial charge in [0.15, 0.2) is 0 Å². The summed E-state index contributed by atoms with van der Waals surface area (Å²) in [6.07, 6.45) is 4.76. The van der Waals surface area contributed by atoms with Crippen molar-refractivity contribution in [2.45, 2.75) is 50.3 Å². The van der Waals surface area contributed by atoms with Crippen molar-refractivity contribution in [1.29, 1.82) is 0 Å². The molecule has 0 bridgehead atoms. The minimum Gasteiger partial charge on any atom is -0.379 e. The van der Waals surface area contributed by atoms with Crippen molar-refractivity contribution in [2.75, 3.05) is 20.7 Å². The quantitative estimate of drug-likeness (QED) is 0.902. The molecule has 21 heavy (non-hydrogen) atoms. The number of ether oxygens (including phenoxy) is 1. The average Bonchev–Trinajstić information content (AvgIpc) is 2.53. The lowest BCUT2D eigenvalue weighted by molar-refractivity contribution is -0.0790. The van der Waals surface area contributed by atoms with Crippen LogP contribution in [0.25, 0.3) is 0 Å². The van der Waals surface area contributed by atoms with Crippen LogP contribution in [0.3, 0.4) is 0 Å². The highest BCUT2D eigenvalue weighted by molar-refractivity contribution is 6.31. The predicted octanol–water partition coefficient (Wildman–Crippen LogP) is 3.62. The minimum atomic E-state index is -0.106. The van der Waals surface area contributed by atoms with Crippen LogP contribution in [-0.4, -0.2) is 37.2 Å². The van der Waals surface area contributed by atoms with E-state index in [9.17, 15) is 0 Å². The lowest BCUT2D eigenvalue weighted by Gasteiger charge is -2.51. The molecule has 3 unspecified atom stereocenters. The van der Waals surface area contributed by atoms with Gasteiger partial charge in [0.1, 0.15) is 0 Å². The molecule has 0 amide bonds. The van der Waals surface area contributed by atoms with Gasteiger partial charge in [-0.1, -0.05) is 42.6 Å². The Kier molecular flexibility index (Phi) is 5.67. The number of nitrogens with two attached hydrogens (primary N) is 1. The third-order valence-corrected chi connectivity index (χ3v) is 5.55. The molecule has 0 aromatic heterocycles. The lowest BCUT2D eigenvalue weighted by Crippen LogP contribution is -2.62. The van der Waals surface area contributed by atoms with Gasteiger partial charge in [0.05, 0.1) is 11.6 Å². The fraction of sp³-hybridized carbons (Fsp3) is 0.647. The van der Waals surface area contributed by atoms with Gasteiger partial charge >= 0.3 is 0 Å². The molecule has 4 heteroatoms. The van der Waals surface area contributed by atoms with E-state index in [-0.39, 0.29) is 17.7 Å². The van der Waals surface area contributed by atoms with E-state index in [1.165, 1.54) is 12.8 Å². The van der Waals surface area contributed by atoms with E-state index in [4.69, 9.17) is 22.1 Å². The molecule has 1 fully saturated rings. The summed E-state index contributed by atoms with van der Waals surface area (Å²) in [6, 6.07) is 8.26. The molecule has 118 valence electrons. The summed E-state index contributed by atoms with van der Waals surface area (Å²) >= 11 is 6.37. The maximum Gasteiger partial charge on any atom is 0.0767 e. The van der Waals surface area contributed by atoms with Gasteiger partial charge in [-0.15, -0.1) is 0 Å². The average molecular weight is 311 g/mol. The van der Waals surface area contributed by atoms with Crippen molar-refractivity contribution in [3.05, 3.63) is 34.9 Å². The lowest BCUT2D eigenvalue weighted by atomic mass is 9.76. The summed E-state index contributed by atoms with van der Waals surface area (Å²) in [5.41, 5.74) is 7.25. The standard InChI is InChI=1S/C17H27ClN2O/c1-13(14-8-4-5-9-15(14)18)20(2)17(12-19)11-7-6-10-16(17)21-3/h4-5,8-9,13,16H,6-7,10-12,19H2,1-3H3. The normalized spacial score (nSPS) is 27.8. The maximum absolute atomic E-state index is 6.37. The number of halogens is 1. The summed E-state index contributed by atoms with van der Waals surface area (Å²) < 4.78 is 5.78. The topological polar surface area (TPSA) is 38.5 Å². The van der Waals surface area contributed by atoms with Crippen LogP contribution in [0.1, 0.15) is 44.2 Å². The molecule has 0 saturated heterocycles. The number of rotatable bonds is 5. The zero-order valence-electron chi connectivity index (χ0n) is 13.3. The molecule has 1 saturated carbocycles. The van der Waals surface area contributed by atoms with E-state index < -0.39 is 0 Å². The predicted molar refractivity (Wildman–Crippen MR) is 88.7 cm³/mol. The van der Waals surface area contributed by atoms with Gasteiger partial charge < -0.3 is 10.5 Å². The van der Waals surface area contributed by atoms with Gasteiger partial charge in [-0.05, 0) is 38.4 Å². The third-order valence-electron chi connectivity index (χ3n) is 5.20. The second-order valence-electron chi connectivity index (χ2n) is 6.09. The largest absolute Gasteiger partial charge is 0.379 e. The molecule has 2 rings (SSSR count). The van der Waals surface area contributed by atoms with E-state index in [1.807, 2.05) is 18.2 Å². The number of hydrogen-bond acceptors (Lipinski definition) is 3. The van der Waals surface area contributed by atoms with Crippen LogP contribution in [0.15, 0.2) is 24.3 Å². The highest BCUT2D eigenvalue weighted by Crippen LogP contribution is 2.39. The van der Waals surface area contributed by atoms with Crippen LogP contribution < -0.4 is 5.73 Å². The fourth-order valence-electron chi connectivity index (χ4n) is 3.72. The molecule has 0 aliphatic heterocycles. The number of benzene rings is 1. The Bertz CT molecular complexity index is 468. The van der Waals surface area contributed by atoms with Crippen LogP contribution in [0, 0.1) is 0 Å². The number of hydrogen-bond donors (Lipinski definition) is 1. The van der Waals surface area contributed by atoms with Gasteiger partial charge in [0.2, 0.25) is 0 Å². The monoisotopic (exact) mass is 310 g/mol. The van der Waals surface area contributed by atoms with Crippen LogP contribution in [-0.2, 0) is 4.74 Å². The molecule has 1 aliphatic carbocycles. The molecule has 2 N–H and O–H groups in total. The van der Waals surface area contributed by atoms with E-state index in [1.54, 1.807) is 7.11 Å². The molecule has 3 atom stereocenters. The molecule has 0 spiro atoms. The number of methoxy groups -OCH3 is 1. The van der Waals surface area contributed by atoms with Crippen molar-refractivity contribution in [3.8, 4) is 0 Å². The Balaban J connectivity index is 2.30. The second kappa shape index (κ2) is 7.10. The summed E-state index contributed by atoms with van der Waals surface area (Å²) in [4.78, 5) is 2.38. The Morgan fingerprint density at radius 3 is 2.76 bits per heavy atom. The second-order valence-corrected chi connectivity index (χ2v) is 6.49. The van der Waals surface area contributed by atoms with Crippen molar-refractivity contribution < 1.29 is 4.74 Å². The van der Waals surface area contributed by atoms with Crippen LogP contribution >= 0.6 is 11.6 Å². The van der Waals surface area contributed by atoms with E-state index in [2.05, 4.69) is 24.9 Å². The zero-order chi connectivity index (χ0) is 15.5. The molecule has 3 nitrogen and oxygen atoms in total. The van der Waals surface area contributed by atoms with E-state index >= 15 is 0 Å². The zero-order valence-corrected chi connectivity index (χ0v) is 14.1. The fourth-order valence-corrected chi connectivity index (χ4v) is 4.01. The Hall–Kier alpha value is -0.610. The maximum atomic E-state index is 6.37. The first kappa shape index (κ1) is 16.8. The van der Waals surface area contributed by atoms with E-state index in [0.717, 1.165) is 23.4 Å². The van der Waals surface area contributed by atoms with Crippen molar-refractivity contribution in [1.82, 2.24) is 4.90 Å². The van der Waals surface area contributed by atoms with Crippen molar-refractivity contribution in [2.24, 2.45) is 5.73 Å². The van der Waals surface area contributed by atoms with Crippen LogP contribution in [0.2, 0.25) is 5.02 Å². The molecular formula is C17H27ClN2O. The molecular weight excluding hydrogens is 284 g/mol. The highest BCUT2D eigenvalue weighted by atomic mass is 35.5. The van der Waals surface area contributed by atoms with Crippen molar-refractivity contribution in [3.63, 3.8) is 0 Å². The van der Waals surface area contributed by atoms with Crippen LogP contribution in [0.4, 0.5) is 0 Å². The Morgan fingerprint density at radius 1 is 1.43 bits per heavy atom. The SMILES string of the molecule is COC1CCCCC1(CN)N(C)C(C)c1ccccc1Cl. The van der Waals surface area contributed by atoms with Gasteiger partial charge in [0, 0.05) is 24.7 Å². The molecule has 0 radical (unpaired) electrons.